The summed E-state index contributed by atoms with van der Waals surface area (Å²) >= 11 is 0. The summed E-state index contributed by atoms with van der Waals surface area (Å²) in [6, 6.07) is 19.7. The number of carbonyl (C=O) groups is 2. The average Bonchev–Trinajstić information content (AvgIpc) is 3.09. The van der Waals surface area contributed by atoms with Crippen LogP contribution in [0.3, 0.4) is 0 Å². The van der Waals surface area contributed by atoms with Crippen molar-refractivity contribution >= 4 is 45.5 Å². The van der Waals surface area contributed by atoms with Crippen LogP contribution in [0, 0.1) is 0 Å². The van der Waals surface area contributed by atoms with Gasteiger partial charge in [-0.05, 0) is 85.0 Å². The Kier molecular flexibility index (Phi) is 9.83. The molecule has 0 saturated carbocycles. The van der Waals surface area contributed by atoms with Crippen LogP contribution in [0.25, 0.3) is 34.0 Å². The van der Waals surface area contributed by atoms with Crippen molar-refractivity contribution in [3.8, 4) is 0 Å². The SMILES string of the molecule is O=C(/C=C/c1ccc2ccc(C(F)(F)F)cc2n1)c1ccncc1.O=C(/C=C/c1ccc2ccc(C(F)(F)F)cc2n1)c1ccncc1. The maximum absolute atomic E-state index is 12.8. The Morgan fingerprint density at radius 1 is 0.500 bits per heavy atom. The van der Waals surface area contributed by atoms with Crippen LogP contribution in [-0.2, 0) is 12.4 Å². The summed E-state index contributed by atoms with van der Waals surface area (Å²) in [6.07, 6.45) is 2.81. The van der Waals surface area contributed by atoms with Crippen molar-refractivity contribution in [3.63, 3.8) is 0 Å². The fourth-order valence-electron chi connectivity index (χ4n) is 4.35. The lowest BCUT2D eigenvalue weighted by Crippen LogP contribution is -2.04. The van der Waals surface area contributed by atoms with Crippen molar-refractivity contribution in [1.29, 1.82) is 0 Å². The molecule has 240 valence electrons. The van der Waals surface area contributed by atoms with E-state index in [4.69, 9.17) is 0 Å². The van der Waals surface area contributed by atoms with Gasteiger partial charge in [0.15, 0.2) is 11.6 Å². The summed E-state index contributed by atoms with van der Waals surface area (Å²) < 4.78 is 76.6. The molecule has 0 aliphatic heterocycles. The van der Waals surface area contributed by atoms with E-state index in [1.54, 1.807) is 48.5 Å². The third-order valence-corrected chi connectivity index (χ3v) is 6.82. The monoisotopic (exact) mass is 656 g/mol. The highest BCUT2D eigenvalue weighted by molar-refractivity contribution is 6.07. The predicted molar refractivity (Wildman–Crippen MR) is 169 cm³/mol. The van der Waals surface area contributed by atoms with Gasteiger partial charge in [0.2, 0.25) is 0 Å². The highest BCUT2D eigenvalue weighted by atomic mass is 19.4. The van der Waals surface area contributed by atoms with Gasteiger partial charge in [0.05, 0.1) is 33.5 Å². The molecule has 0 amide bonds. The second kappa shape index (κ2) is 14.2. The maximum atomic E-state index is 12.8. The van der Waals surface area contributed by atoms with Gasteiger partial charge in [0.1, 0.15) is 0 Å². The second-order valence-corrected chi connectivity index (χ2v) is 10.1. The molecule has 48 heavy (non-hydrogen) atoms. The van der Waals surface area contributed by atoms with Crippen LogP contribution in [0.4, 0.5) is 26.3 Å². The number of hydrogen-bond donors (Lipinski definition) is 0. The number of halogens is 6. The third kappa shape index (κ3) is 8.60. The molecule has 6 aromatic rings. The molecule has 0 aliphatic rings. The maximum Gasteiger partial charge on any atom is 0.416 e. The van der Waals surface area contributed by atoms with E-state index in [0.29, 0.717) is 33.3 Å². The standard InChI is InChI=1S/2C18H11F3N2O/c2*19-18(20,21)14-3-1-12-2-4-15(23-16(12)11-14)5-6-17(24)13-7-9-22-10-8-13/h2*1-11H/b2*6-5+. The molecule has 4 aromatic heterocycles. The normalized spacial score (nSPS) is 12.0. The number of aromatic nitrogens is 4. The van der Waals surface area contributed by atoms with E-state index < -0.39 is 23.5 Å². The van der Waals surface area contributed by atoms with E-state index in [0.717, 1.165) is 24.3 Å². The summed E-state index contributed by atoms with van der Waals surface area (Å²) in [5.41, 5.74) is 0.705. The van der Waals surface area contributed by atoms with E-state index >= 15 is 0 Å². The summed E-state index contributed by atoms with van der Waals surface area (Å²) in [5, 5.41) is 1.20. The number of carbonyl (C=O) groups excluding carboxylic acids is 2. The molecule has 6 nitrogen and oxygen atoms in total. The van der Waals surface area contributed by atoms with Gasteiger partial charge in [-0.25, -0.2) is 9.97 Å². The van der Waals surface area contributed by atoms with Crippen LogP contribution in [0.5, 0.6) is 0 Å². The lowest BCUT2D eigenvalue weighted by molar-refractivity contribution is -0.138. The Morgan fingerprint density at radius 3 is 1.21 bits per heavy atom. The molecule has 0 spiro atoms. The first kappa shape index (κ1) is 33.3. The molecular weight excluding hydrogens is 634 g/mol. The number of pyridine rings is 4. The zero-order valence-electron chi connectivity index (χ0n) is 24.6. The third-order valence-electron chi connectivity index (χ3n) is 6.82. The minimum atomic E-state index is -4.42. The topological polar surface area (TPSA) is 85.7 Å². The quantitative estimate of drug-likeness (QED) is 0.101. The van der Waals surface area contributed by atoms with Gasteiger partial charge in [-0.3, -0.25) is 19.6 Å². The minimum Gasteiger partial charge on any atom is -0.289 e. The van der Waals surface area contributed by atoms with Crippen molar-refractivity contribution in [3.05, 3.63) is 156 Å². The fraction of sp³-hybridized carbons (Fsp3) is 0.0556. The molecule has 0 unspecified atom stereocenters. The smallest absolute Gasteiger partial charge is 0.289 e. The lowest BCUT2D eigenvalue weighted by atomic mass is 10.1. The number of benzene rings is 2. The predicted octanol–water partition coefficient (Wildman–Crippen LogP) is 9.09. The van der Waals surface area contributed by atoms with Crippen molar-refractivity contribution in [1.82, 2.24) is 19.9 Å². The molecule has 0 bridgehead atoms. The Morgan fingerprint density at radius 2 is 0.854 bits per heavy atom. The highest BCUT2D eigenvalue weighted by Gasteiger charge is 2.31. The number of rotatable bonds is 6. The number of nitrogens with zero attached hydrogens (tertiary/aromatic N) is 4. The van der Waals surface area contributed by atoms with Gasteiger partial charge in [0, 0.05) is 46.7 Å². The first-order chi connectivity index (χ1) is 22.9. The number of allylic oxidation sites excluding steroid dienone is 2. The van der Waals surface area contributed by atoms with Crippen LogP contribution >= 0.6 is 0 Å². The largest absolute Gasteiger partial charge is 0.416 e. The zero-order valence-corrected chi connectivity index (χ0v) is 24.6. The van der Waals surface area contributed by atoms with E-state index in [-0.39, 0.29) is 22.6 Å². The van der Waals surface area contributed by atoms with Crippen LogP contribution in [0.15, 0.2) is 122 Å². The van der Waals surface area contributed by atoms with Crippen molar-refractivity contribution in [2.24, 2.45) is 0 Å². The Labute approximate surface area is 269 Å². The van der Waals surface area contributed by atoms with Gasteiger partial charge < -0.3 is 0 Å². The summed E-state index contributed by atoms with van der Waals surface area (Å²) in [7, 11) is 0. The Hall–Kier alpha value is -6.04. The Bertz CT molecular complexity index is 1990. The molecule has 12 heteroatoms. The van der Waals surface area contributed by atoms with Crippen LogP contribution in [0.2, 0.25) is 0 Å². The van der Waals surface area contributed by atoms with Gasteiger partial charge in [0.25, 0.3) is 0 Å². The Balaban J connectivity index is 0.000000188. The molecule has 0 radical (unpaired) electrons. The molecule has 0 aliphatic carbocycles. The molecular formula is C36H22F6N4O2. The summed E-state index contributed by atoms with van der Waals surface area (Å²) in [6.45, 7) is 0. The molecule has 0 saturated heterocycles. The van der Waals surface area contributed by atoms with E-state index in [1.165, 1.54) is 61.2 Å². The molecule has 0 atom stereocenters. The highest BCUT2D eigenvalue weighted by Crippen LogP contribution is 2.32. The lowest BCUT2D eigenvalue weighted by Gasteiger charge is -2.07. The first-order valence-electron chi connectivity index (χ1n) is 14.1. The number of fused-ring (bicyclic) bond motifs is 2. The summed E-state index contributed by atoms with van der Waals surface area (Å²) in [4.78, 5) is 39.9. The first-order valence-corrected chi connectivity index (χ1v) is 14.1. The van der Waals surface area contributed by atoms with Gasteiger partial charge in [-0.1, -0.05) is 24.3 Å². The average molecular weight is 657 g/mol. The number of ketones is 2. The van der Waals surface area contributed by atoms with Crippen LogP contribution < -0.4 is 0 Å². The summed E-state index contributed by atoms with van der Waals surface area (Å²) in [5.74, 6) is -0.466. The number of alkyl halides is 6. The zero-order chi connectivity index (χ0) is 34.3. The fourth-order valence-corrected chi connectivity index (χ4v) is 4.35. The minimum absolute atomic E-state index is 0.225. The van der Waals surface area contributed by atoms with Crippen LogP contribution in [0.1, 0.15) is 43.2 Å². The van der Waals surface area contributed by atoms with Crippen molar-refractivity contribution in [2.75, 3.05) is 0 Å². The van der Waals surface area contributed by atoms with E-state index in [2.05, 4.69) is 19.9 Å². The van der Waals surface area contributed by atoms with Crippen LogP contribution in [-0.4, -0.2) is 31.5 Å². The van der Waals surface area contributed by atoms with Gasteiger partial charge >= 0.3 is 12.4 Å². The molecule has 0 fully saturated rings. The molecule has 6 rings (SSSR count). The second-order valence-electron chi connectivity index (χ2n) is 10.1. The molecule has 4 heterocycles. The number of hydrogen-bond acceptors (Lipinski definition) is 6. The van der Waals surface area contributed by atoms with Crippen molar-refractivity contribution < 1.29 is 35.9 Å². The van der Waals surface area contributed by atoms with Gasteiger partial charge in [-0.2, -0.15) is 26.3 Å². The van der Waals surface area contributed by atoms with E-state index in [1.807, 2.05) is 0 Å². The molecule has 2 aromatic carbocycles. The van der Waals surface area contributed by atoms with Gasteiger partial charge in [-0.15, -0.1) is 0 Å². The van der Waals surface area contributed by atoms with Crippen molar-refractivity contribution in [2.45, 2.75) is 12.4 Å². The van der Waals surface area contributed by atoms with E-state index in [9.17, 15) is 35.9 Å². The molecule has 0 N–H and O–H groups in total.